The van der Waals surface area contributed by atoms with Crippen molar-refractivity contribution in [2.45, 2.75) is 16.7 Å². The number of aromatic nitrogens is 2. The van der Waals surface area contributed by atoms with E-state index in [0.717, 1.165) is 0 Å². The minimum Gasteiger partial charge on any atom is -0.342 e. The molecule has 30 heavy (non-hydrogen) atoms. The standard InChI is InChI=1S/C18H12ClF4N3O3S/c19-13-2-1-3-14-15(13)16(25-9-17(20,21)18(22,23)10-25)24-26(14)30(28,29)12-6-4-11(8-27)5-7-12/h1-8H,9-10H2. The van der Waals surface area contributed by atoms with Crippen molar-refractivity contribution < 1.29 is 30.8 Å². The third-order valence-electron chi connectivity index (χ3n) is 4.76. The first-order valence-electron chi connectivity index (χ1n) is 8.47. The largest absolute Gasteiger partial charge is 0.342 e. The minimum absolute atomic E-state index is 0.0289. The number of carbonyl (C=O) groups excluding carboxylic acids is 1. The van der Waals surface area contributed by atoms with Crippen LogP contribution >= 0.6 is 11.6 Å². The van der Waals surface area contributed by atoms with Crippen molar-refractivity contribution in [2.24, 2.45) is 0 Å². The number of aldehydes is 1. The maximum Gasteiger partial charge on any atom is 0.329 e. The van der Waals surface area contributed by atoms with Crippen LogP contribution in [0.2, 0.25) is 5.02 Å². The van der Waals surface area contributed by atoms with Crippen LogP contribution in [0.4, 0.5) is 23.4 Å². The van der Waals surface area contributed by atoms with Crippen LogP contribution in [-0.4, -0.2) is 48.8 Å². The smallest absolute Gasteiger partial charge is 0.329 e. The Labute approximate surface area is 172 Å². The zero-order valence-electron chi connectivity index (χ0n) is 14.9. The molecule has 4 rings (SSSR count). The van der Waals surface area contributed by atoms with Gasteiger partial charge in [0.25, 0.3) is 10.0 Å². The molecule has 0 saturated carbocycles. The van der Waals surface area contributed by atoms with Crippen molar-refractivity contribution in [3.63, 3.8) is 0 Å². The molecule has 6 nitrogen and oxygen atoms in total. The summed E-state index contributed by atoms with van der Waals surface area (Å²) in [5, 5.41) is 3.82. The van der Waals surface area contributed by atoms with E-state index in [9.17, 15) is 30.8 Å². The van der Waals surface area contributed by atoms with Crippen LogP contribution in [0.15, 0.2) is 47.4 Å². The van der Waals surface area contributed by atoms with Crippen LogP contribution < -0.4 is 4.90 Å². The molecular weight excluding hydrogens is 450 g/mol. The van der Waals surface area contributed by atoms with E-state index >= 15 is 0 Å². The third-order valence-corrected chi connectivity index (χ3v) is 6.68. The van der Waals surface area contributed by atoms with E-state index in [1.807, 2.05) is 0 Å². The molecule has 2 aromatic carbocycles. The molecule has 1 fully saturated rings. The predicted molar refractivity (Wildman–Crippen MR) is 101 cm³/mol. The van der Waals surface area contributed by atoms with Gasteiger partial charge in [-0.25, -0.2) is 0 Å². The quantitative estimate of drug-likeness (QED) is 0.436. The summed E-state index contributed by atoms with van der Waals surface area (Å²) in [4.78, 5) is 11.2. The Morgan fingerprint density at radius 3 is 2.17 bits per heavy atom. The molecule has 0 radical (unpaired) electrons. The van der Waals surface area contributed by atoms with Gasteiger partial charge in [-0.1, -0.05) is 29.8 Å². The van der Waals surface area contributed by atoms with Gasteiger partial charge in [-0.05, 0) is 24.3 Å². The fourth-order valence-corrected chi connectivity index (χ4v) is 4.75. The number of carbonyl (C=O) groups is 1. The highest BCUT2D eigenvalue weighted by molar-refractivity contribution is 7.90. The van der Waals surface area contributed by atoms with Gasteiger partial charge in [0.2, 0.25) is 0 Å². The summed E-state index contributed by atoms with van der Waals surface area (Å²) in [5.41, 5.74) is 0.181. The summed E-state index contributed by atoms with van der Waals surface area (Å²) in [5.74, 6) is -9.01. The van der Waals surface area contributed by atoms with Gasteiger partial charge in [-0.15, -0.1) is 5.10 Å². The fraction of sp³-hybridized carbons (Fsp3) is 0.222. The van der Waals surface area contributed by atoms with Gasteiger partial charge in [0, 0.05) is 5.56 Å². The molecule has 0 aliphatic carbocycles. The molecule has 1 aliphatic heterocycles. The number of hydrogen-bond acceptors (Lipinski definition) is 5. The van der Waals surface area contributed by atoms with Gasteiger partial charge in [-0.2, -0.15) is 30.1 Å². The summed E-state index contributed by atoms with van der Waals surface area (Å²) in [7, 11) is -4.34. The summed E-state index contributed by atoms with van der Waals surface area (Å²) >= 11 is 6.14. The summed E-state index contributed by atoms with van der Waals surface area (Å²) < 4.78 is 81.7. The fourth-order valence-electron chi connectivity index (χ4n) is 3.22. The highest BCUT2D eigenvalue weighted by Crippen LogP contribution is 2.45. The molecule has 0 unspecified atom stereocenters. The monoisotopic (exact) mass is 461 g/mol. The van der Waals surface area contributed by atoms with E-state index in [1.54, 1.807) is 0 Å². The number of rotatable bonds is 4. The molecule has 3 aromatic rings. The van der Waals surface area contributed by atoms with E-state index in [0.29, 0.717) is 15.3 Å². The predicted octanol–water partition coefficient (Wildman–Crippen LogP) is 3.83. The second kappa shape index (κ2) is 6.67. The van der Waals surface area contributed by atoms with Crippen LogP contribution in [0.1, 0.15) is 10.4 Å². The van der Waals surface area contributed by atoms with Gasteiger partial charge < -0.3 is 4.90 Å². The number of hydrogen-bond donors (Lipinski definition) is 0. The lowest BCUT2D eigenvalue weighted by Crippen LogP contribution is -2.38. The van der Waals surface area contributed by atoms with Crippen molar-refractivity contribution in [3.8, 4) is 0 Å². The van der Waals surface area contributed by atoms with Crippen molar-refractivity contribution in [1.82, 2.24) is 9.19 Å². The Morgan fingerprint density at radius 2 is 1.60 bits per heavy atom. The van der Waals surface area contributed by atoms with Crippen LogP contribution in [0.3, 0.4) is 0 Å². The molecule has 0 bridgehead atoms. The number of nitrogens with zero attached hydrogens (tertiary/aromatic N) is 3. The number of fused-ring (bicyclic) bond motifs is 1. The second-order valence-electron chi connectivity index (χ2n) is 6.76. The highest BCUT2D eigenvalue weighted by Gasteiger charge is 2.63. The highest BCUT2D eigenvalue weighted by atomic mass is 35.5. The van der Waals surface area contributed by atoms with Crippen molar-refractivity contribution >= 4 is 44.6 Å². The molecule has 1 aliphatic rings. The van der Waals surface area contributed by atoms with Gasteiger partial charge in [0.15, 0.2) is 5.82 Å². The molecule has 1 saturated heterocycles. The summed E-state index contributed by atoms with van der Waals surface area (Å²) in [6, 6.07) is 9.04. The van der Waals surface area contributed by atoms with Gasteiger partial charge >= 0.3 is 11.8 Å². The first kappa shape index (κ1) is 20.6. The molecular formula is C18H12ClF4N3O3S. The van der Waals surface area contributed by atoms with Gasteiger partial charge in [0.1, 0.15) is 6.29 Å². The molecule has 0 amide bonds. The average molecular weight is 462 g/mol. The molecule has 158 valence electrons. The maximum atomic E-state index is 13.7. The lowest BCUT2D eigenvalue weighted by atomic mass is 10.2. The number of anilines is 1. The van der Waals surface area contributed by atoms with Crippen LogP contribution in [0.5, 0.6) is 0 Å². The summed E-state index contributed by atoms with van der Waals surface area (Å²) in [6.45, 7) is -2.68. The average Bonchev–Trinajstić information content (AvgIpc) is 3.18. The van der Waals surface area contributed by atoms with E-state index in [2.05, 4.69) is 5.10 Å². The van der Waals surface area contributed by atoms with E-state index in [4.69, 9.17) is 11.6 Å². The number of alkyl halides is 4. The normalized spacial score (nSPS) is 18.1. The molecule has 1 aromatic heterocycles. The molecule has 2 heterocycles. The maximum absolute atomic E-state index is 13.7. The molecule has 0 spiro atoms. The first-order valence-corrected chi connectivity index (χ1v) is 10.3. The lowest BCUT2D eigenvalue weighted by Gasteiger charge is -2.14. The van der Waals surface area contributed by atoms with E-state index in [1.165, 1.54) is 42.5 Å². The Bertz CT molecular complexity index is 1240. The van der Waals surface area contributed by atoms with Crippen molar-refractivity contribution in [1.29, 1.82) is 0 Å². The van der Waals surface area contributed by atoms with Crippen molar-refractivity contribution in [2.75, 3.05) is 18.0 Å². The van der Waals surface area contributed by atoms with E-state index in [-0.39, 0.29) is 32.2 Å². The van der Waals surface area contributed by atoms with Gasteiger partial charge in [0.05, 0.1) is 33.9 Å². The van der Waals surface area contributed by atoms with Gasteiger partial charge in [-0.3, -0.25) is 4.79 Å². The molecule has 0 N–H and O–H groups in total. The third kappa shape index (κ3) is 3.03. The van der Waals surface area contributed by atoms with Crippen LogP contribution in [-0.2, 0) is 10.0 Å². The first-order chi connectivity index (χ1) is 14.0. The van der Waals surface area contributed by atoms with Crippen LogP contribution in [0.25, 0.3) is 10.9 Å². The Kier molecular flexibility index (Phi) is 4.58. The van der Waals surface area contributed by atoms with Crippen LogP contribution in [0, 0.1) is 0 Å². The zero-order chi connectivity index (χ0) is 21.9. The SMILES string of the molecule is O=Cc1ccc(S(=O)(=O)n2nc(N3CC(F)(F)C(F)(F)C3)c3c(Cl)cccc32)cc1. The lowest BCUT2D eigenvalue weighted by molar-refractivity contribution is -0.172. The minimum atomic E-state index is -4.34. The Morgan fingerprint density at radius 1 is 1.00 bits per heavy atom. The Hall–Kier alpha value is -2.66. The molecule has 12 heteroatoms. The topological polar surface area (TPSA) is 72.3 Å². The number of halogens is 5. The second-order valence-corrected chi connectivity index (χ2v) is 8.93. The number of benzene rings is 2. The van der Waals surface area contributed by atoms with E-state index < -0.39 is 35.0 Å². The summed E-state index contributed by atoms with van der Waals surface area (Å²) in [6.07, 6.45) is 0.533. The molecule has 0 atom stereocenters. The zero-order valence-corrected chi connectivity index (χ0v) is 16.5. The Balaban J connectivity index is 1.91. The van der Waals surface area contributed by atoms with Crippen molar-refractivity contribution in [3.05, 3.63) is 53.1 Å².